The molecule has 1 N–H and O–H groups in total. The lowest BCUT2D eigenvalue weighted by Gasteiger charge is -2.03. The molecule has 0 unspecified atom stereocenters. The zero-order valence-electron chi connectivity index (χ0n) is 9.94. The van der Waals surface area contributed by atoms with Crippen molar-refractivity contribution in [2.45, 2.75) is 6.92 Å². The Balaban J connectivity index is 2.15. The van der Waals surface area contributed by atoms with E-state index < -0.39 is 11.8 Å². The van der Waals surface area contributed by atoms with Crippen LogP contribution in [-0.4, -0.2) is 17.6 Å². The fourth-order valence-corrected chi connectivity index (χ4v) is 1.51. The summed E-state index contributed by atoms with van der Waals surface area (Å²) in [6, 6.07) is 3.98. The first kappa shape index (κ1) is 13.4. The molecule has 100 valence electrons. The van der Waals surface area contributed by atoms with Gasteiger partial charge in [0, 0.05) is 5.02 Å². The highest BCUT2D eigenvalue weighted by Gasteiger charge is 2.14. The van der Waals surface area contributed by atoms with Crippen molar-refractivity contribution in [2.75, 3.05) is 11.9 Å². The largest absolute Gasteiger partial charge is 0.461 e. The molecule has 0 aliphatic heterocycles. The number of anilines is 2. The minimum atomic E-state index is -0.606. The highest BCUT2D eigenvalue weighted by Crippen LogP contribution is 2.23. The highest BCUT2D eigenvalue weighted by atomic mass is 35.5. The molecule has 1 aromatic heterocycles. The van der Waals surface area contributed by atoms with Gasteiger partial charge in [-0.2, -0.15) is 4.98 Å². The number of hydrogen-bond acceptors (Lipinski definition) is 5. The molecule has 7 heteroatoms. The van der Waals surface area contributed by atoms with Crippen LogP contribution in [0.25, 0.3) is 0 Å². The molecule has 0 bridgehead atoms. The van der Waals surface area contributed by atoms with Crippen LogP contribution in [0.3, 0.4) is 0 Å². The minimum Gasteiger partial charge on any atom is -0.461 e. The van der Waals surface area contributed by atoms with E-state index >= 15 is 0 Å². The number of oxazole rings is 1. The molecule has 0 radical (unpaired) electrons. The van der Waals surface area contributed by atoms with Gasteiger partial charge in [-0.1, -0.05) is 11.6 Å². The van der Waals surface area contributed by atoms with Gasteiger partial charge in [0.25, 0.3) is 6.01 Å². The maximum Gasteiger partial charge on any atom is 0.360 e. The number of hydrogen-bond donors (Lipinski definition) is 1. The Morgan fingerprint density at radius 1 is 1.58 bits per heavy atom. The van der Waals surface area contributed by atoms with Gasteiger partial charge < -0.3 is 14.5 Å². The van der Waals surface area contributed by atoms with Crippen LogP contribution in [0, 0.1) is 5.82 Å². The molecule has 0 saturated heterocycles. The van der Waals surface area contributed by atoms with Gasteiger partial charge in [-0.3, -0.25) is 0 Å². The highest BCUT2D eigenvalue weighted by molar-refractivity contribution is 6.30. The summed E-state index contributed by atoms with van der Waals surface area (Å²) in [4.78, 5) is 15.2. The molecular weight excluding hydrogens is 275 g/mol. The van der Waals surface area contributed by atoms with E-state index in [9.17, 15) is 9.18 Å². The van der Waals surface area contributed by atoms with Crippen molar-refractivity contribution in [1.29, 1.82) is 0 Å². The summed E-state index contributed by atoms with van der Waals surface area (Å²) in [6.07, 6.45) is 1.13. The zero-order chi connectivity index (χ0) is 13.8. The molecule has 0 spiro atoms. The summed E-state index contributed by atoms with van der Waals surface area (Å²) in [5.41, 5.74) is 0.108. The quantitative estimate of drug-likeness (QED) is 0.872. The maximum atomic E-state index is 13.5. The molecule has 1 heterocycles. The summed E-state index contributed by atoms with van der Waals surface area (Å²) in [6.45, 7) is 1.91. The fourth-order valence-electron chi connectivity index (χ4n) is 1.34. The first-order valence-corrected chi connectivity index (χ1v) is 5.82. The van der Waals surface area contributed by atoms with Crippen molar-refractivity contribution < 1.29 is 18.3 Å². The molecule has 2 aromatic rings. The summed E-state index contributed by atoms with van der Waals surface area (Å²) in [7, 11) is 0. The fraction of sp³-hybridized carbons (Fsp3) is 0.167. The summed E-state index contributed by atoms with van der Waals surface area (Å²) >= 11 is 5.75. The Bertz CT molecular complexity index is 600. The second-order valence-corrected chi connectivity index (χ2v) is 3.94. The van der Waals surface area contributed by atoms with Crippen LogP contribution in [0.2, 0.25) is 5.02 Å². The average Bonchev–Trinajstić information content (AvgIpc) is 2.83. The van der Waals surface area contributed by atoms with Crippen molar-refractivity contribution >= 4 is 29.3 Å². The second-order valence-electron chi connectivity index (χ2n) is 3.51. The number of ether oxygens (including phenoxy) is 1. The third kappa shape index (κ3) is 3.23. The molecule has 0 fully saturated rings. The molecule has 0 saturated carbocycles. The van der Waals surface area contributed by atoms with Crippen LogP contribution in [0.1, 0.15) is 17.4 Å². The van der Waals surface area contributed by atoms with Gasteiger partial charge in [-0.25, -0.2) is 9.18 Å². The van der Waals surface area contributed by atoms with Crippen molar-refractivity contribution in [2.24, 2.45) is 0 Å². The van der Waals surface area contributed by atoms with Gasteiger partial charge in [0.1, 0.15) is 12.1 Å². The molecular formula is C12H10ClFN2O3. The van der Waals surface area contributed by atoms with Crippen molar-refractivity contribution in [3.63, 3.8) is 0 Å². The van der Waals surface area contributed by atoms with Gasteiger partial charge in [-0.15, -0.1) is 0 Å². The Hall–Kier alpha value is -2.08. The number of nitrogens with zero attached hydrogens (tertiary/aromatic N) is 1. The maximum absolute atomic E-state index is 13.5. The lowest BCUT2D eigenvalue weighted by molar-refractivity contribution is 0.0519. The van der Waals surface area contributed by atoms with Crippen LogP contribution in [0.15, 0.2) is 28.9 Å². The Morgan fingerprint density at radius 3 is 3.11 bits per heavy atom. The molecule has 0 atom stereocenters. The van der Waals surface area contributed by atoms with Gasteiger partial charge in [0.15, 0.2) is 5.69 Å². The number of benzene rings is 1. The number of rotatable bonds is 4. The minimum absolute atomic E-state index is 0.00628. The Kier molecular flexibility index (Phi) is 4.01. The molecule has 5 nitrogen and oxygen atoms in total. The van der Waals surface area contributed by atoms with E-state index in [2.05, 4.69) is 10.3 Å². The van der Waals surface area contributed by atoms with E-state index in [1.807, 2.05) is 0 Å². The lowest BCUT2D eigenvalue weighted by atomic mass is 10.3. The SMILES string of the molecule is CCOC(=O)c1coc(Nc2cc(Cl)ccc2F)n1. The first-order chi connectivity index (χ1) is 9.10. The lowest BCUT2D eigenvalue weighted by Crippen LogP contribution is -2.05. The molecule has 19 heavy (non-hydrogen) atoms. The summed E-state index contributed by atoms with van der Waals surface area (Å²) in [5.74, 6) is -1.12. The van der Waals surface area contributed by atoms with Crippen LogP contribution in [-0.2, 0) is 4.74 Å². The van der Waals surface area contributed by atoms with Crippen LogP contribution in [0.5, 0.6) is 0 Å². The standard InChI is InChI=1S/C12H10ClFN2O3/c1-2-18-11(17)10-6-19-12(16-10)15-9-5-7(13)3-4-8(9)14/h3-6H,2H2,1H3,(H,15,16). The average molecular weight is 285 g/mol. The number of carbonyl (C=O) groups excluding carboxylic acids is 1. The van der Waals surface area contributed by atoms with E-state index in [1.54, 1.807) is 6.92 Å². The second kappa shape index (κ2) is 5.71. The molecule has 0 aliphatic carbocycles. The monoisotopic (exact) mass is 284 g/mol. The molecule has 2 rings (SSSR count). The van der Waals surface area contributed by atoms with Crippen molar-refractivity contribution in [3.05, 3.63) is 41.0 Å². The number of nitrogens with one attached hydrogen (secondary N) is 1. The van der Waals surface area contributed by atoms with E-state index in [1.165, 1.54) is 18.2 Å². The molecule has 1 aromatic carbocycles. The third-order valence-corrected chi connectivity index (χ3v) is 2.39. The van der Waals surface area contributed by atoms with Crippen LogP contribution in [0.4, 0.5) is 16.1 Å². The molecule has 0 aliphatic rings. The smallest absolute Gasteiger partial charge is 0.360 e. The number of aromatic nitrogens is 1. The Labute approximate surface area is 113 Å². The van der Waals surface area contributed by atoms with Crippen molar-refractivity contribution in [1.82, 2.24) is 4.98 Å². The van der Waals surface area contributed by atoms with Crippen LogP contribution < -0.4 is 5.32 Å². The van der Waals surface area contributed by atoms with E-state index in [4.69, 9.17) is 20.8 Å². The van der Waals surface area contributed by atoms with Gasteiger partial charge in [0.05, 0.1) is 12.3 Å². The summed E-state index contributed by atoms with van der Waals surface area (Å²) < 4.78 is 23.2. The molecule has 0 amide bonds. The zero-order valence-corrected chi connectivity index (χ0v) is 10.7. The van der Waals surface area contributed by atoms with Gasteiger partial charge in [-0.05, 0) is 25.1 Å². The van der Waals surface area contributed by atoms with E-state index in [0.717, 1.165) is 6.26 Å². The van der Waals surface area contributed by atoms with Crippen molar-refractivity contribution in [3.8, 4) is 0 Å². The Morgan fingerprint density at radius 2 is 2.37 bits per heavy atom. The van der Waals surface area contributed by atoms with E-state index in [0.29, 0.717) is 5.02 Å². The van der Waals surface area contributed by atoms with Gasteiger partial charge >= 0.3 is 5.97 Å². The van der Waals surface area contributed by atoms with Crippen LogP contribution >= 0.6 is 11.6 Å². The van der Waals surface area contributed by atoms with Gasteiger partial charge in [0.2, 0.25) is 0 Å². The number of halogens is 2. The summed E-state index contributed by atoms with van der Waals surface area (Å²) in [5, 5.41) is 2.95. The topological polar surface area (TPSA) is 64.4 Å². The first-order valence-electron chi connectivity index (χ1n) is 5.45. The number of esters is 1. The number of carbonyl (C=O) groups is 1. The predicted octanol–water partition coefficient (Wildman–Crippen LogP) is 3.39. The normalized spacial score (nSPS) is 10.3. The third-order valence-electron chi connectivity index (χ3n) is 2.16. The van der Waals surface area contributed by atoms with E-state index in [-0.39, 0.29) is 24.0 Å². The predicted molar refractivity (Wildman–Crippen MR) is 67.2 cm³/mol.